The van der Waals surface area contributed by atoms with Crippen molar-refractivity contribution in [3.05, 3.63) is 65.1 Å². The van der Waals surface area contributed by atoms with E-state index in [1.165, 1.54) is 17.4 Å². The van der Waals surface area contributed by atoms with E-state index in [2.05, 4.69) is 15.6 Å². The number of aliphatic hydroxyl groups is 1. The second-order valence-electron chi connectivity index (χ2n) is 8.20. The van der Waals surface area contributed by atoms with Gasteiger partial charge < -0.3 is 15.7 Å². The highest BCUT2D eigenvalue weighted by Crippen LogP contribution is 2.39. The quantitative estimate of drug-likeness (QED) is 0.291. The first-order chi connectivity index (χ1) is 16.1. The number of fused-ring (bicyclic) bond motifs is 1. The first-order valence-corrected chi connectivity index (χ1v) is 12.1. The molecule has 0 amide bonds. The number of anilines is 2. The summed E-state index contributed by atoms with van der Waals surface area (Å²) in [6.07, 6.45) is 2.75. The molecule has 0 aliphatic heterocycles. The third-order valence-electron chi connectivity index (χ3n) is 5.91. The number of benzene rings is 2. The third kappa shape index (κ3) is 4.78. The topological polar surface area (TPSA) is 83.0 Å². The predicted octanol–water partition coefficient (Wildman–Crippen LogP) is 5.73. The molecule has 2 heterocycles. The molecule has 1 aliphatic carbocycles. The van der Waals surface area contributed by atoms with Crippen molar-refractivity contribution in [3.8, 4) is 10.6 Å². The average Bonchev–Trinajstić information content (AvgIpc) is 3.45. The molecule has 1 aliphatic rings. The van der Waals surface area contributed by atoms with Crippen molar-refractivity contribution in [1.29, 1.82) is 0 Å². The van der Waals surface area contributed by atoms with Gasteiger partial charge in [-0.25, -0.2) is 14.4 Å². The highest BCUT2D eigenvalue weighted by atomic mass is 35.5. The molecule has 6 nitrogen and oxygen atoms in total. The van der Waals surface area contributed by atoms with E-state index in [1.54, 1.807) is 18.2 Å². The maximum Gasteiger partial charge on any atom is 0.226 e. The molecule has 1 fully saturated rings. The number of halogens is 2. The number of nitrogens with zero attached hydrogens (tertiary/aromatic N) is 3. The lowest BCUT2D eigenvalue weighted by Gasteiger charge is -2.18. The van der Waals surface area contributed by atoms with Gasteiger partial charge in [-0.3, -0.25) is 0 Å². The Morgan fingerprint density at radius 1 is 1.06 bits per heavy atom. The Labute approximate surface area is 199 Å². The van der Waals surface area contributed by atoms with Gasteiger partial charge >= 0.3 is 0 Å². The summed E-state index contributed by atoms with van der Waals surface area (Å²) in [7, 11) is 0. The zero-order chi connectivity index (χ0) is 22.8. The van der Waals surface area contributed by atoms with Crippen LogP contribution in [0.4, 0.5) is 16.2 Å². The van der Waals surface area contributed by atoms with E-state index >= 15 is 0 Å². The van der Waals surface area contributed by atoms with Gasteiger partial charge in [-0.05, 0) is 43.4 Å². The Morgan fingerprint density at radius 3 is 2.67 bits per heavy atom. The fourth-order valence-electron chi connectivity index (χ4n) is 4.17. The number of rotatable bonds is 7. The van der Waals surface area contributed by atoms with Gasteiger partial charge in [-0.2, -0.15) is 4.98 Å². The number of para-hydroxylation sites is 1. The minimum absolute atomic E-state index is 0.167. The molecule has 0 spiro atoms. The summed E-state index contributed by atoms with van der Waals surface area (Å²) in [6, 6.07) is 14.7. The summed E-state index contributed by atoms with van der Waals surface area (Å²) in [6.45, 7) is 0.418. The maximum absolute atomic E-state index is 14.0. The molecule has 4 aromatic rings. The largest absolute Gasteiger partial charge is 0.396 e. The summed E-state index contributed by atoms with van der Waals surface area (Å²) in [5, 5.41) is 17.1. The summed E-state index contributed by atoms with van der Waals surface area (Å²) in [4.78, 5) is 13.9. The van der Waals surface area contributed by atoms with Crippen LogP contribution >= 0.6 is 22.9 Å². The fraction of sp³-hybridized carbons (Fsp3) is 0.292. The number of aliphatic hydroxyl groups excluding tert-OH is 1. The number of thiazole rings is 1. The zero-order valence-electron chi connectivity index (χ0n) is 17.8. The van der Waals surface area contributed by atoms with Crippen molar-refractivity contribution >= 4 is 44.9 Å². The van der Waals surface area contributed by atoms with Crippen LogP contribution in [-0.4, -0.2) is 32.7 Å². The predicted molar refractivity (Wildman–Crippen MR) is 131 cm³/mol. The molecule has 0 bridgehead atoms. The normalized spacial score (nSPS) is 18.0. The van der Waals surface area contributed by atoms with E-state index in [-0.39, 0.29) is 36.1 Å². The molecule has 1 saturated carbocycles. The van der Waals surface area contributed by atoms with Crippen molar-refractivity contribution in [1.82, 2.24) is 15.0 Å². The van der Waals surface area contributed by atoms with Gasteiger partial charge in [0.05, 0.1) is 15.8 Å². The Balaban J connectivity index is 1.49. The number of nitrogens with one attached hydrogen (secondary N) is 2. The second kappa shape index (κ2) is 9.59. The molecule has 0 unspecified atom stereocenters. The minimum atomic E-state index is -0.290. The monoisotopic (exact) mass is 483 g/mol. The van der Waals surface area contributed by atoms with Crippen LogP contribution in [0.25, 0.3) is 20.8 Å². The van der Waals surface area contributed by atoms with E-state index in [9.17, 15) is 9.50 Å². The Kier molecular flexibility index (Phi) is 6.39. The van der Waals surface area contributed by atoms with Crippen molar-refractivity contribution < 1.29 is 9.50 Å². The van der Waals surface area contributed by atoms with Crippen LogP contribution in [0.3, 0.4) is 0 Å². The van der Waals surface area contributed by atoms with Crippen molar-refractivity contribution in [2.75, 3.05) is 17.2 Å². The Hall–Kier alpha value is -2.81. The summed E-state index contributed by atoms with van der Waals surface area (Å²) in [5.74, 6) is 0.895. The highest BCUT2D eigenvalue weighted by molar-refractivity contribution is 7.21. The molecular weight excluding hydrogens is 461 g/mol. The van der Waals surface area contributed by atoms with Gasteiger partial charge in [0.2, 0.25) is 5.95 Å². The zero-order valence-corrected chi connectivity index (χ0v) is 19.3. The first kappa shape index (κ1) is 22.0. The SMILES string of the molecule is OC[C@@H]1CC[C@H](Nc2nc(NCc3ccccc3F)nc(Cl)c2-c2nc3ccccc3s2)C1. The average molecular weight is 484 g/mol. The van der Waals surface area contributed by atoms with E-state index in [1.807, 2.05) is 24.3 Å². The molecule has 2 atom stereocenters. The van der Waals surface area contributed by atoms with Crippen LogP contribution in [0.15, 0.2) is 48.5 Å². The molecule has 0 radical (unpaired) electrons. The van der Waals surface area contributed by atoms with Crippen LogP contribution in [0.5, 0.6) is 0 Å². The molecule has 2 aromatic carbocycles. The highest BCUT2D eigenvalue weighted by Gasteiger charge is 2.27. The van der Waals surface area contributed by atoms with Gasteiger partial charge in [-0.15, -0.1) is 11.3 Å². The van der Waals surface area contributed by atoms with Gasteiger partial charge in [0, 0.05) is 24.8 Å². The molecule has 9 heteroatoms. The molecule has 0 saturated heterocycles. The lowest BCUT2D eigenvalue weighted by molar-refractivity contribution is 0.229. The van der Waals surface area contributed by atoms with E-state index in [4.69, 9.17) is 21.6 Å². The Bertz CT molecular complexity index is 1250. The van der Waals surface area contributed by atoms with Crippen LogP contribution in [0.1, 0.15) is 24.8 Å². The summed E-state index contributed by atoms with van der Waals surface area (Å²) < 4.78 is 15.1. The molecule has 33 heavy (non-hydrogen) atoms. The van der Waals surface area contributed by atoms with Crippen molar-refractivity contribution in [3.63, 3.8) is 0 Å². The van der Waals surface area contributed by atoms with Crippen molar-refractivity contribution in [2.45, 2.75) is 31.8 Å². The molecule has 3 N–H and O–H groups in total. The minimum Gasteiger partial charge on any atom is -0.396 e. The van der Waals surface area contributed by atoms with Crippen LogP contribution in [0.2, 0.25) is 5.15 Å². The van der Waals surface area contributed by atoms with Crippen LogP contribution in [-0.2, 0) is 6.54 Å². The lowest BCUT2D eigenvalue weighted by atomic mass is 10.1. The number of aromatic nitrogens is 3. The summed E-state index contributed by atoms with van der Waals surface area (Å²) in [5.41, 5.74) is 2.06. The number of hydrogen-bond donors (Lipinski definition) is 3. The molecular formula is C24H23ClFN5OS. The molecule has 170 valence electrons. The van der Waals surface area contributed by atoms with Gasteiger partial charge in [0.15, 0.2) is 0 Å². The third-order valence-corrected chi connectivity index (χ3v) is 7.24. The maximum atomic E-state index is 14.0. The standard InChI is InChI=1S/C24H23ClFN5OS/c25-21-20(23-29-18-7-3-4-8-19(18)33-23)22(28-16-10-9-14(11-16)13-32)31-24(30-21)27-12-15-5-1-2-6-17(15)26/h1-8,14,16,32H,9-13H2,(H2,27,28,30,31)/t14-,16+/m1/s1. The van der Waals surface area contributed by atoms with Gasteiger partial charge in [-0.1, -0.05) is 41.9 Å². The second-order valence-corrected chi connectivity index (χ2v) is 9.58. The van der Waals surface area contributed by atoms with Crippen molar-refractivity contribution in [2.24, 2.45) is 5.92 Å². The smallest absolute Gasteiger partial charge is 0.226 e. The summed E-state index contributed by atoms with van der Waals surface area (Å²) >= 11 is 8.21. The van der Waals surface area contributed by atoms with Crippen LogP contribution in [0, 0.1) is 11.7 Å². The lowest BCUT2D eigenvalue weighted by Crippen LogP contribution is -2.19. The number of hydrogen-bond acceptors (Lipinski definition) is 7. The molecule has 2 aromatic heterocycles. The van der Waals surface area contributed by atoms with E-state index in [0.29, 0.717) is 22.9 Å². The molecule has 5 rings (SSSR count). The first-order valence-electron chi connectivity index (χ1n) is 10.9. The van der Waals surface area contributed by atoms with E-state index in [0.717, 1.165) is 34.5 Å². The van der Waals surface area contributed by atoms with Gasteiger partial charge in [0.25, 0.3) is 0 Å². The fourth-order valence-corrected chi connectivity index (χ4v) is 5.49. The Morgan fingerprint density at radius 2 is 1.88 bits per heavy atom. The van der Waals surface area contributed by atoms with Gasteiger partial charge in [0.1, 0.15) is 21.8 Å². The van der Waals surface area contributed by atoms with Crippen LogP contribution < -0.4 is 10.6 Å². The van der Waals surface area contributed by atoms with E-state index < -0.39 is 0 Å².